The second-order valence-corrected chi connectivity index (χ2v) is 5.55. The fourth-order valence-corrected chi connectivity index (χ4v) is 2.46. The molecule has 0 saturated carbocycles. The predicted octanol–water partition coefficient (Wildman–Crippen LogP) is 2.33. The summed E-state index contributed by atoms with van der Waals surface area (Å²) in [5.41, 5.74) is 1.82. The second-order valence-electron chi connectivity index (χ2n) is 5.55. The minimum absolute atomic E-state index is 0.0258. The van der Waals surface area contributed by atoms with E-state index in [2.05, 4.69) is 10.4 Å². The van der Waals surface area contributed by atoms with Crippen molar-refractivity contribution < 1.29 is 9.72 Å². The summed E-state index contributed by atoms with van der Waals surface area (Å²) in [4.78, 5) is 22.5. The predicted molar refractivity (Wildman–Crippen MR) is 86.2 cm³/mol. The van der Waals surface area contributed by atoms with E-state index in [4.69, 9.17) is 0 Å². The standard InChI is InChI=1S/C16H20N4O3/c1-11(14-7-5-4-6-8-14)9-17-15(21)10-19-13(3)16(20(22)23)12(2)18-19/h4-8,11H,9-10H2,1-3H3,(H,17,21). The van der Waals surface area contributed by atoms with Gasteiger partial charge in [0.1, 0.15) is 17.9 Å². The average Bonchev–Trinajstić information content (AvgIpc) is 2.79. The second kappa shape index (κ2) is 7.04. The molecule has 0 saturated heterocycles. The largest absolute Gasteiger partial charge is 0.354 e. The van der Waals surface area contributed by atoms with E-state index < -0.39 is 4.92 Å². The van der Waals surface area contributed by atoms with Gasteiger partial charge in [0.25, 0.3) is 0 Å². The molecule has 1 heterocycles. The fraction of sp³-hybridized carbons (Fsp3) is 0.375. The quantitative estimate of drug-likeness (QED) is 0.654. The Hall–Kier alpha value is -2.70. The SMILES string of the molecule is Cc1nn(CC(=O)NCC(C)c2ccccc2)c(C)c1[N+](=O)[O-]. The number of carbonyl (C=O) groups is 1. The zero-order chi connectivity index (χ0) is 17.0. The highest BCUT2D eigenvalue weighted by Crippen LogP contribution is 2.21. The lowest BCUT2D eigenvalue weighted by molar-refractivity contribution is -0.386. The minimum atomic E-state index is -0.469. The third-order valence-corrected chi connectivity index (χ3v) is 3.79. The zero-order valence-corrected chi connectivity index (χ0v) is 13.4. The Labute approximate surface area is 134 Å². The van der Waals surface area contributed by atoms with Crippen LogP contribution in [0.2, 0.25) is 0 Å². The molecule has 0 spiro atoms. The van der Waals surface area contributed by atoms with Crippen LogP contribution in [0.25, 0.3) is 0 Å². The first-order chi connectivity index (χ1) is 10.9. The summed E-state index contributed by atoms with van der Waals surface area (Å²) in [5.74, 6) is -0.0248. The van der Waals surface area contributed by atoms with Crippen molar-refractivity contribution in [2.45, 2.75) is 33.2 Å². The Morgan fingerprint density at radius 1 is 1.35 bits per heavy atom. The van der Waals surface area contributed by atoms with Crippen LogP contribution in [-0.4, -0.2) is 27.2 Å². The first kappa shape index (κ1) is 16.7. The lowest BCUT2D eigenvalue weighted by Crippen LogP contribution is -2.31. The average molecular weight is 316 g/mol. The summed E-state index contributed by atoms with van der Waals surface area (Å²) in [6, 6.07) is 9.90. The van der Waals surface area contributed by atoms with Crippen LogP contribution in [0, 0.1) is 24.0 Å². The Morgan fingerprint density at radius 3 is 2.57 bits per heavy atom. The molecule has 1 aromatic carbocycles. The molecule has 1 amide bonds. The summed E-state index contributed by atoms with van der Waals surface area (Å²) in [6.45, 7) is 5.67. The molecule has 7 nitrogen and oxygen atoms in total. The number of aryl methyl sites for hydroxylation is 1. The van der Waals surface area contributed by atoms with E-state index in [1.165, 1.54) is 4.68 Å². The molecule has 0 aliphatic heterocycles. The van der Waals surface area contributed by atoms with E-state index in [0.29, 0.717) is 17.9 Å². The van der Waals surface area contributed by atoms with Gasteiger partial charge in [-0.15, -0.1) is 0 Å². The molecule has 122 valence electrons. The number of amides is 1. The highest BCUT2D eigenvalue weighted by molar-refractivity contribution is 5.75. The van der Waals surface area contributed by atoms with Gasteiger partial charge < -0.3 is 5.32 Å². The van der Waals surface area contributed by atoms with E-state index in [-0.39, 0.29) is 24.1 Å². The van der Waals surface area contributed by atoms with Crippen LogP contribution < -0.4 is 5.32 Å². The van der Waals surface area contributed by atoms with Gasteiger partial charge in [0.2, 0.25) is 5.91 Å². The lowest BCUT2D eigenvalue weighted by atomic mass is 10.0. The maximum absolute atomic E-state index is 12.0. The van der Waals surface area contributed by atoms with E-state index in [9.17, 15) is 14.9 Å². The molecular formula is C16H20N4O3. The molecule has 2 rings (SSSR count). The van der Waals surface area contributed by atoms with Crippen molar-refractivity contribution in [1.29, 1.82) is 0 Å². The highest BCUT2D eigenvalue weighted by atomic mass is 16.6. The van der Waals surface area contributed by atoms with Crippen molar-refractivity contribution in [2.24, 2.45) is 0 Å². The molecule has 0 bridgehead atoms. The summed E-state index contributed by atoms with van der Waals surface area (Å²) in [6.07, 6.45) is 0. The van der Waals surface area contributed by atoms with E-state index in [0.717, 1.165) is 5.56 Å². The van der Waals surface area contributed by atoms with Gasteiger partial charge in [0, 0.05) is 6.54 Å². The maximum Gasteiger partial charge on any atom is 0.312 e. The van der Waals surface area contributed by atoms with Gasteiger partial charge in [0.05, 0.1) is 4.92 Å². The molecule has 0 aliphatic rings. The smallest absolute Gasteiger partial charge is 0.312 e. The van der Waals surface area contributed by atoms with Crippen LogP contribution in [0.15, 0.2) is 30.3 Å². The van der Waals surface area contributed by atoms with Crippen molar-refractivity contribution in [3.63, 3.8) is 0 Å². The summed E-state index contributed by atoms with van der Waals surface area (Å²) in [7, 11) is 0. The van der Waals surface area contributed by atoms with Crippen molar-refractivity contribution in [2.75, 3.05) is 6.54 Å². The third-order valence-electron chi connectivity index (χ3n) is 3.79. The maximum atomic E-state index is 12.0. The number of benzene rings is 1. The number of hydrogen-bond acceptors (Lipinski definition) is 4. The molecule has 0 aliphatic carbocycles. The number of nitro groups is 1. The van der Waals surface area contributed by atoms with Crippen molar-refractivity contribution >= 4 is 11.6 Å². The van der Waals surface area contributed by atoms with Crippen LogP contribution in [0.1, 0.15) is 29.8 Å². The van der Waals surface area contributed by atoms with E-state index in [1.54, 1.807) is 13.8 Å². The Balaban J connectivity index is 1.95. The van der Waals surface area contributed by atoms with Crippen molar-refractivity contribution in [3.8, 4) is 0 Å². The highest BCUT2D eigenvalue weighted by Gasteiger charge is 2.22. The van der Waals surface area contributed by atoms with Gasteiger partial charge in [-0.2, -0.15) is 5.10 Å². The summed E-state index contributed by atoms with van der Waals surface area (Å²) < 4.78 is 1.37. The first-order valence-corrected chi connectivity index (χ1v) is 7.40. The normalized spacial score (nSPS) is 12.0. The van der Waals surface area contributed by atoms with Gasteiger partial charge in [-0.3, -0.25) is 19.6 Å². The van der Waals surface area contributed by atoms with E-state index in [1.807, 2.05) is 37.3 Å². The van der Waals surface area contributed by atoms with Crippen LogP contribution >= 0.6 is 0 Å². The molecule has 23 heavy (non-hydrogen) atoms. The van der Waals surface area contributed by atoms with Crippen LogP contribution in [0.3, 0.4) is 0 Å². The fourth-order valence-electron chi connectivity index (χ4n) is 2.46. The minimum Gasteiger partial charge on any atom is -0.354 e. The third kappa shape index (κ3) is 3.94. The lowest BCUT2D eigenvalue weighted by Gasteiger charge is -2.13. The number of nitrogens with zero attached hydrogens (tertiary/aromatic N) is 3. The molecule has 0 radical (unpaired) electrons. The first-order valence-electron chi connectivity index (χ1n) is 7.40. The number of aromatic nitrogens is 2. The molecule has 1 aromatic heterocycles. The van der Waals surface area contributed by atoms with E-state index >= 15 is 0 Å². The summed E-state index contributed by atoms with van der Waals surface area (Å²) in [5, 5.41) is 17.9. The van der Waals surface area contributed by atoms with Crippen LogP contribution in [0.4, 0.5) is 5.69 Å². The number of carbonyl (C=O) groups excluding carboxylic acids is 1. The van der Waals surface area contributed by atoms with Crippen LogP contribution in [-0.2, 0) is 11.3 Å². The Bertz CT molecular complexity index is 710. The van der Waals surface area contributed by atoms with Crippen molar-refractivity contribution in [1.82, 2.24) is 15.1 Å². The monoisotopic (exact) mass is 316 g/mol. The molecule has 2 aromatic rings. The van der Waals surface area contributed by atoms with Crippen molar-refractivity contribution in [3.05, 3.63) is 57.4 Å². The van der Waals surface area contributed by atoms with Gasteiger partial charge in [0.15, 0.2) is 0 Å². The molecule has 7 heteroatoms. The van der Waals surface area contributed by atoms with Gasteiger partial charge in [-0.05, 0) is 25.3 Å². The van der Waals surface area contributed by atoms with Gasteiger partial charge in [-0.1, -0.05) is 37.3 Å². The zero-order valence-electron chi connectivity index (χ0n) is 13.4. The molecule has 1 unspecified atom stereocenters. The van der Waals surface area contributed by atoms with Crippen LogP contribution in [0.5, 0.6) is 0 Å². The number of nitrogens with one attached hydrogen (secondary N) is 1. The Kier molecular flexibility index (Phi) is 5.10. The van der Waals surface area contributed by atoms with Gasteiger partial charge in [-0.25, -0.2) is 0 Å². The molecular weight excluding hydrogens is 296 g/mol. The molecule has 1 N–H and O–H groups in total. The topological polar surface area (TPSA) is 90.1 Å². The number of hydrogen-bond donors (Lipinski definition) is 1. The molecule has 1 atom stereocenters. The Morgan fingerprint density at radius 2 is 2.00 bits per heavy atom. The van der Waals surface area contributed by atoms with Gasteiger partial charge >= 0.3 is 5.69 Å². The molecule has 0 fully saturated rings. The summed E-state index contributed by atoms with van der Waals surface area (Å²) >= 11 is 0. The number of rotatable bonds is 6.